The Morgan fingerprint density at radius 2 is 1.51 bits per heavy atom. The van der Waals surface area contributed by atoms with Crippen molar-refractivity contribution in [2.24, 2.45) is 5.92 Å². The molecule has 5 nitrogen and oxygen atoms in total. The summed E-state index contributed by atoms with van der Waals surface area (Å²) in [6.07, 6.45) is 5.69. The van der Waals surface area contributed by atoms with Gasteiger partial charge in [-0.05, 0) is 98.7 Å². The first kappa shape index (κ1) is 23.7. The van der Waals surface area contributed by atoms with E-state index in [4.69, 9.17) is 4.74 Å². The van der Waals surface area contributed by atoms with Gasteiger partial charge < -0.3 is 14.5 Å². The Bertz CT molecular complexity index is 1110. The highest BCUT2D eigenvalue weighted by Gasteiger charge is 2.29. The predicted molar refractivity (Wildman–Crippen MR) is 135 cm³/mol. The van der Waals surface area contributed by atoms with Gasteiger partial charge in [-0.15, -0.1) is 0 Å². The average molecular weight is 476 g/mol. The van der Waals surface area contributed by atoms with Crippen molar-refractivity contribution < 1.29 is 13.9 Å². The van der Waals surface area contributed by atoms with Gasteiger partial charge in [0.05, 0.1) is 24.2 Å². The molecule has 0 spiro atoms. The van der Waals surface area contributed by atoms with Crippen molar-refractivity contribution in [3.05, 3.63) is 58.9 Å². The highest BCUT2D eigenvalue weighted by molar-refractivity contribution is 5.73. The van der Waals surface area contributed by atoms with E-state index in [-0.39, 0.29) is 23.6 Å². The molecule has 3 fully saturated rings. The minimum atomic E-state index is -0.122. The Balaban J connectivity index is 1.19. The molecule has 3 aliphatic rings. The summed E-state index contributed by atoms with van der Waals surface area (Å²) in [6, 6.07) is 14.2. The molecule has 2 aromatic rings. The molecule has 2 saturated heterocycles. The van der Waals surface area contributed by atoms with Gasteiger partial charge in [0.25, 0.3) is 0 Å². The van der Waals surface area contributed by atoms with Crippen molar-refractivity contribution in [1.29, 1.82) is 5.26 Å². The number of benzene rings is 2. The highest BCUT2D eigenvalue weighted by Crippen LogP contribution is 2.43. The van der Waals surface area contributed by atoms with Crippen LogP contribution in [0.1, 0.15) is 74.0 Å². The number of nitrogens with zero attached hydrogens (tertiary/aromatic N) is 3. The van der Waals surface area contributed by atoms with Crippen LogP contribution >= 0.6 is 0 Å². The SMILES string of the molecule is CCOC(=O)C1CCN(c2ccc(C3CCN(c4ccc(C#N)c(C5CC5)c4)CC3)c(F)c2)CC1. The quantitative estimate of drug-likeness (QED) is 0.499. The summed E-state index contributed by atoms with van der Waals surface area (Å²) in [7, 11) is 0. The number of anilines is 2. The van der Waals surface area contributed by atoms with Crippen molar-refractivity contribution in [3.63, 3.8) is 0 Å². The monoisotopic (exact) mass is 475 g/mol. The number of rotatable bonds is 6. The summed E-state index contributed by atoms with van der Waals surface area (Å²) in [5, 5.41) is 9.42. The lowest BCUT2D eigenvalue weighted by molar-refractivity contribution is -0.148. The Morgan fingerprint density at radius 1 is 0.914 bits per heavy atom. The van der Waals surface area contributed by atoms with E-state index in [1.165, 1.54) is 24.1 Å². The lowest BCUT2D eigenvalue weighted by atomic mass is 9.88. The fraction of sp³-hybridized carbons (Fsp3) is 0.517. The highest BCUT2D eigenvalue weighted by atomic mass is 19.1. The Kier molecular flexibility index (Phi) is 6.95. The molecule has 2 aromatic carbocycles. The van der Waals surface area contributed by atoms with E-state index >= 15 is 4.39 Å². The van der Waals surface area contributed by atoms with E-state index in [9.17, 15) is 10.1 Å². The summed E-state index contributed by atoms with van der Waals surface area (Å²) in [6.45, 7) is 5.52. The van der Waals surface area contributed by atoms with Gasteiger partial charge in [-0.1, -0.05) is 6.07 Å². The number of ether oxygens (including phenoxy) is 1. The standard InChI is InChI=1S/C29H34FN3O2/c1-2-35-29(34)22-11-15-33(16-12-22)25-7-8-26(28(30)18-25)21-9-13-32(14-10-21)24-6-5-23(19-31)27(17-24)20-3-4-20/h5-8,17-18,20-22H,2-4,9-16H2,1H3. The fourth-order valence-electron chi connectivity index (χ4n) is 5.71. The van der Waals surface area contributed by atoms with Gasteiger partial charge in [-0.2, -0.15) is 5.26 Å². The molecule has 1 saturated carbocycles. The third kappa shape index (κ3) is 5.15. The lowest BCUT2D eigenvalue weighted by Gasteiger charge is -2.35. The number of carbonyl (C=O) groups is 1. The van der Waals surface area contributed by atoms with Crippen LogP contribution in [0.3, 0.4) is 0 Å². The fourth-order valence-corrected chi connectivity index (χ4v) is 5.71. The molecule has 0 aromatic heterocycles. The van der Waals surface area contributed by atoms with Crippen LogP contribution < -0.4 is 9.80 Å². The van der Waals surface area contributed by atoms with Crippen molar-refractivity contribution in [2.45, 2.75) is 57.3 Å². The molecular weight excluding hydrogens is 441 g/mol. The molecule has 0 unspecified atom stereocenters. The van der Waals surface area contributed by atoms with Crippen LogP contribution in [0.2, 0.25) is 0 Å². The van der Waals surface area contributed by atoms with Crippen LogP contribution in [0, 0.1) is 23.1 Å². The van der Waals surface area contributed by atoms with Crippen molar-refractivity contribution in [2.75, 3.05) is 42.6 Å². The first-order valence-corrected chi connectivity index (χ1v) is 13.1. The molecule has 2 heterocycles. The van der Waals surface area contributed by atoms with Gasteiger partial charge >= 0.3 is 5.97 Å². The summed E-state index contributed by atoms with van der Waals surface area (Å²) >= 11 is 0. The van der Waals surface area contributed by atoms with Crippen LogP contribution in [-0.4, -0.2) is 38.8 Å². The van der Waals surface area contributed by atoms with Crippen LogP contribution in [0.5, 0.6) is 0 Å². The van der Waals surface area contributed by atoms with Gasteiger partial charge in [0, 0.05) is 37.6 Å². The van der Waals surface area contributed by atoms with E-state index in [2.05, 4.69) is 28.0 Å². The number of carbonyl (C=O) groups excluding carboxylic acids is 1. The second-order valence-electron chi connectivity index (χ2n) is 10.1. The summed E-state index contributed by atoms with van der Waals surface area (Å²) in [4.78, 5) is 16.5. The molecule has 0 atom stereocenters. The minimum absolute atomic E-state index is 0.0445. The van der Waals surface area contributed by atoms with Gasteiger partial charge in [0.2, 0.25) is 0 Å². The van der Waals surface area contributed by atoms with Gasteiger partial charge in [0.1, 0.15) is 5.82 Å². The molecule has 0 radical (unpaired) electrons. The molecule has 6 heteroatoms. The van der Waals surface area contributed by atoms with E-state index in [1.807, 2.05) is 25.1 Å². The lowest BCUT2D eigenvalue weighted by Crippen LogP contribution is -2.37. The van der Waals surface area contributed by atoms with Crippen molar-refractivity contribution >= 4 is 17.3 Å². The van der Waals surface area contributed by atoms with E-state index in [0.717, 1.165) is 68.7 Å². The minimum Gasteiger partial charge on any atom is -0.466 e. The number of piperidine rings is 2. The number of hydrogen-bond acceptors (Lipinski definition) is 5. The largest absolute Gasteiger partial charge is 0.466 e. The summed E-state index contributed by atoms with van der Waals surface area (Å²) in [5.41, 5.74) is 4.90. The molecule has 0 bridgehead atoms. The first-order valence-electron chi connectivity index (χ1n) is 13.1. The molecule has 2 aliphatic heterocycles. The van der Waals surface area contributed by atoms with Crippen LogP contribution in [0.4, 0.5) is 15.8 Å². The van der Waals surface area contributed by atoms with E-state index < -0.39 is 0 Å². The predicted octanol–water partition coefficient (Wildman–Crippen LogP) is 5.74. The zero-order valence-corrected chi connectivity index (χ0v) is 20.5. The maximum absolute atomic E-state index is 15.2. The topological polar surface area (TPSA) is 56.6 Å². The molecule has 184 valence electrons. The molecule has 0 amide bonds. The maximum Gasteiger partial charge on any atom is 0.309 e. The van der Waals surface area contributed by atoms with Gasteiger partial charge in [0.15, 0.2) is 0 Å². The average Bonchev–Trinajstić information content (AvgIpc) is 3.74. The Morgan fingerprint density at radius 3 is 2.11 bits per heavy atom. The first-order chi connectivity index (χ1) is 17.1. The molecular formula is C29H34FN3O2. The smallest absolute Gasteiger partial charge is 0.309 e. The van der Waals surface area contributed by atoms with Crippen molar-refractivity contribution in [1.82, 2.24) is 0 Å². The molecule has 5 rings (SSSR count). The summed E-state index contributed by atoms with van der Waals surface area (Å²) in [5.74, 6) is 0.492. The Hall–Kier alpha value is -3.07. The van der Waals surface area contributed by atoms with Crippen molar-refractivity contribution in [3.8, 4) is 6.07 Å². The Labute approximate surface area is 207 Å². The maximum atomic E-state index is 15.2. The zero-order chi connectivity index (χ0) is 24.4. The molecule has 0 N–H and O–H groups in total. The summed E-state index contributed by atoms with van der Waals surface area (Å²) < 4.78 is 20.4. The number of halogens is 1. The molecule has 1 aliphatic carbocycles. The number of esters is 1. The second-order valence-corrected chi connectivity index (χ2v) is 10.1. The van der Waals surface area contributed by atoms with Crippen LogP contribution in [0.25, 0.3) is 0 Å². The van der Waals surface area contributed by atoms with Crippen LogP contribution in [-0.2, 0) is 9.53 Å². The van der Waals surface area contributed by atoms with Gasteiger partial charge in [-0.25, -0.2) is 4.39 Å². The second kappa shape index (κ2) is 10.3. The zero-order valence-electron chi connectivity index (χ0n) is 20.5. The number of hydrogen-bond donors (Lipinski definition) is 0. The molecule has 35 heavy (non-hydrogen) atoms. The van der Waals surface area contributed by atoms with Gasteiger partial charge in [-0.3, -0.25) is 4.79 Å². The van der Waals surface area contributed by atoms with Crippen LogP contribution in [0.15, 0.2) is 36.4 Å². The van der Waals surface area contributed by atoms with E-state index in [1.54, 1.807) is 6.07 Å². The third-order valence-corrected chi connectivity index (χ3v) is 7.94. The number of nitriles is 1. The van der Waals surface area contributed by atoms with E-state index in [0.29, 0.717) is 12.5 Å². The normalized spacial score (nSPS) is 19.5. The third-order valence-electron chi connectivity index (χ3n) is 7.94.